The van der Waals surface area contributed by atoms with E-state index in [0.717, 1.165) is 13.1 Å². The molecule has 0 spiro atoms. The molecule has 1 heterocycles. The maximum absolute atomic E-state index is 7.50. The van der Waals surface area contributed by atoms with Crippen LogP contribution in [0.15, 0.2) is 12.1 Å². The maximum Gasteiger partial charge on any atom is 0.127 e. The van der Waals surface area contributed by atoms with Crippen LogP contribution in [0.2, 0.25) is 0 Å². The van der Waals surface area contributed by atoms with Gasteiger partial charge in [0.2, 0.25) is 0 Å². The molecule has 3 N–H and O–H groups in total. The Morgan fingerprint density at radius 1 is 1.37 bits per heavy atom. The molecule has 0 radical (unpaired) electrons. The van der Waals surface area contributed by atoms with Gasteiger partial charge in [-0.2, -0.15) is 0 Å². The van der Waals surface area contributed by atoms with Crippen LogP contribution in [-0.4, -0.2) is 36.5 Å². The third-order valence-electron chi connectivity index (χ3n) is 3.72. The summed E-state index contributed by atoms with van der Waals surface area (Å²) < 4.78 is 5.50. The molecule has 1 saturated heterocycles. The molecule has 0 bridgehead atoms. The average molecular weight is 261 g/mol. The monoisotopic (exact) mass is 261 g/mol. The highest BCUT2D eigenvalue weighted by Gasteiger charge is 2.23. The highest BCUT2D eigenvalue weighted by atomic mass is 16.5. The van der Waals surface area contributed by atoms with Crippen LogP contribution in [0.4, 0.5) is 0 Å². The molecule has 0 aliphatic carbocycles. The van der Waals surface area contributed by atoms with Gasteiger partial charge in [0.05, 0.1) is 6.61 Å². The van der Waals surface area contributed by atoms with Crippen molar-refractivity contribution in [2.75, 3.05) is 19.7 Å². The smallest absolute Gasteiger partial charge is 0.127 e. The van der Waals surface area contributed by atoms with Gasteiger partial charge in [0.25, 0.3) is 0 Å². The van der Waals surface area contributed by atoms with E-state index in [1.807, 2.05) is 0 Å². The number of morpholine rings is 1. The molecular formula is C15H23N3O. The maximum atomic E-state index is 7.50. The second-order valence-corrected chi connectivity index (χ2v) is 5.43. The lowest BCUT2D eigenvalue weighted by atomic mass is 9.99. The fourth-order valence-corrected chi connectivity index (χ4v) is 2.72. The fourth-order valence-electron chi connectivity index (χ4n) is 2.72. The molecule has 1 fully saturated rings. The number of amidine groups is 1. The van der Waals surface area contributed by atoms with Crippen molar-refractivity contribution in [3.05, 3.63) is 34.4 Å². The third kappa shape index (κ3) is 3.33. The van der Waals surface area contributed by atoms with Crippen LogP contribution >= 0.6 is 0 Å². The average Bonchev–Trinajstić information content (AvgIpc) is 2.34. The van der Waals surface area contributed by atoms with Crippen molar-refractivity contribution in [1.29, 1.82) is 5.41 Å². The van der Waals surface area contributed by atoms with Crippen molar-refractivity contribution >= 4 is 5.84 Å². The zero-order chi connectivity index (χ0) is 14.0. The van der Waals surface area contributed by atoms with E-state index < -0.39 is 0 Å². The minimum absolute atomic E-state index is 0.127. The normalized spacial score (nSPS) is 20.5. The summed E-state index contributed by atoms with van der Waals surface area (Å²) in [6.45, 7) is 9.62. The highest BCUT2D eigenvalue weighted by Crippen LogP contribution is 2.19. The van der Waals surface area contributed by atoms with E-state index in [0.29, 0.717) is 13.2 Å². The van der Waals surface area contributed by atoms with Crippen LogP contribution in [-0.2, 0) is 11.3 Å². The molecule has 1 unspecified atom stereocenters. The minimum Gasteiger partial charge on any atom is -0.385 e. The van der Waals surface area contributed by atoms with Crippen LogP contribution in [0.25, 0.3) is 0 Å². The van der Waals surface area contributed by atoms with Gasteiger partial charge in [-0.3, -0.25) is 10.3 Å². The van der Waals surface area contributed by atoms with Crippen molar-refractivity contribution in [2.24, 2.45) is 5.73 Å². The largest absolute Gasteiger partial charge is 0.385 e. The Bertz CT molecular complexity index is 461. The number of benzene rings is 1. The van der Waals surface area contributed by atoms with E-state index in [9.17, 15) is 0 Å². The Morgan fingerprint density at radius 3 is 2.58 bits per heavy atom. The van der Waals surface area contributed by atoms with Crippen LogP contribution in [0.3, 0.4) is 0 Å². The summed E-state index contributed by atoms with van der Waals surface area (Å²) >= 11 is 0. The van der Waals surface area contributed by atoms with E-state index in [4.69, 9.17) is 15.9 Å². The number of ether oxygens (including phenoxy) is 1. The summed E-state index contributed by atoms with van der Waals surface area (Å²) in [5, 5.41) is 7.50. The zero-order valence-electron chi connectivity index (χ0n) is 12.0. The van der Waals surface area contributed by atoms with E-state index in [-0.39, 0.29) is 11.9 Å². The molecule has 0 saturated carbocycles. The van der Waals surface area contributed by atoms with Gasteiger partial charge in [-0.15, -0.1) is 0 Å². The van der Waals surface area contributed by atoms with E-state index in [1.54, 1.807) is 0 Å². The molecule has 104 valence electrons. The molecule has 4 heteroatoms. The Balaban J connectivity index is 2.11. The Kier molecular flexibility index (Phi) is 4.22. The zero-order valence-corrected chi connectivity index (χ0v) is 12.0. The molecule has 1 aliphatic rings. The van der Waals surface area contributed by atoms with Gasteiger partial charge in [-0.25, -0.2) is 0 Å². The van der Waals surface area contributed by atoms with Crippen LogP contribution < -0.4 is 5.73 Å². The number of rotatable bonds is 3. The summed E-state index contributed by atoms with van der Waals surface area (Å²) in [4.78, 5) is 2.32. The number of nitrogens with one attached hydrogen (secondary N) is 1. The quantitative estimate of drug-likeness (QED) is 0.643. The van der Waals surface area contributed by atoms with Crippen molar-refractivity contribution in [3.63, 3.8) is 0 Å². The minimum atomic E-state index is -0.250. The molecule has 4 nitrogen and oxygen atoms in total. The molecule has 1 aromatic carbocycles. The van der Waals surface area contributed by atoms with Crippen LogP contribution in [0, 0.1) is 26.2 Å². The number of hydrogen-bond donors (Lipinski definition) is 2. The first kappa shape index (κ1) is 14.0. The predicted octanol–water partition coefficient (Wildman–Crippen LogP) is 1.75. The number of nitrogens with zero attached hydrogens (tertiary/aromatic N) is 1. The number of hydrogen-bond acceptors (Lipinski definition) is 3. The van der Waals surface area contributed by atoms with E-state index >= 15 is 0 Å². The van der Waals surface area contributed by atoms with Gasteiger partial charge in [0.1, 0.15) is 11.9 Å². The fraction of sp³-hybridized carbons (Fsp3) is 0.533. The van der Waals surface area contributed by atoms with Gasteiger partial charge >= 0.3 is 0 Å². The van der Waals surface area contributed by atoms with Gasteiger partial charge in [0, 0.05) is 19.6 Å². The predicted molar refractivity (Wildman–Crippen MR) is 77.6 cm³/mol. The molecule has 1 atom stereocenters. The molecule has 1 aromatic rings. The SMILES string of the molecule is Cc1cc(C)c(CN2CCOC(C(=N)N)C2)c(C)c1. The second-order valence-electron chi connectivity index (χ2n) is 5.43. The number of nitrogens with two attached hydrogens (primary N) is 1. The highest BCUT2D eigenvalue weighted by molar-refractivity contribution is 5.82. The van der Waals surface area contributed by atoms with Gasteiger partial charge < -0.3 is 10.5 Å². The van der Waals surface area contributed by atoms with E-state index in [1.165, 1.54) is 22.3 Å². The topological polar surface area (TPSA) is 62.3 Å². The summed E-state index contributed by atoms with van der Waals surface area (Å²) in [5.41, 5.74) is 10.9. The van der Waals surface area contributed by atoms with E-state index in [2.05, 4.69) is 37.8 Å². The molecular weight excluding hydrogens is 238 g/mol. The summed E-state index contributed by atoms with van der Waals surface area (Å²) in [6.07, 6.45) is -0.250. The van der Waals surface area contributed by atoms with Crippen molar-refractivity contribution in [2.45, 2.75) is 33.4 Å². The lowest BCUT2D eigenvalue weighted by Crippen LogP contribution is -2.47. The standard InChI is InChI=1S/C15H23N3O/c1-10-6-11(2)13(12(3)7-10)8-18-4-5-19-14(9-18)15(16)17/h6-7,14H,4-5,8-9H2,1-3H3,(H3,16,17). The summed E-state index contributed by atoms with van der Waals surface area (Å²) in [5.74, 6) is 0.127. The molecule has 1 aliphatic heterocycles. The van der Waals surface area contributed by atoms with Crippen molar-refractivity contribution < 1.29 is 4.74 Å². The third-order valence-corrected chi connectivity index (χ3v) is 3.72. The second kappa shape index (κ2) is 5.72. The van der Waals surface area contributed by atoms with Gasteiger partial charge in [-0.1, -0.05) is 17.7 Å². The molecule has 0 aromatic heterocycles. The molecule has 2 rings (SSSR count). The first-order chi connectivity index (χ1) is 8.97. The summed E-state index contributed by atoms with van der Waals surface area (Å²) in [7, 11) is 0. The van der Waals surface area contributed by atoms with Gasteiger partial charge in [-0.05, 0) is 37.5 Å². The first-order valence-corrected chi connectivity index (χ1v) is 6.72. The summed E-state index contributed by atoms with van der Waals surface area (Å²) in [6, 6.07) is 4.45. The Hall–Kier alpha value is -1.39. The van der Waals surface area contributed by atoms with Crippen molar-refractivity contribution in [1.82, 2.24) is 4.90 Å². The Labute approximate surface area is 115 Å². The van der Waals surface area contributed by atoms with Crippen LogP contribution in [0.5, 0.6) is 0 Å². The Morgan fingerprint density at radius 2 is 2.00 bits per heavy atom. The lowest BCUT2D eigenvalue weighted by molar-refractivity contribution is 0.00223. The van der Waals surface area contributed by atoms with Crippen molar-refractivity contribution in [3.8, 4) is 0 Å². The van der Waals surface area contributed by atoms with Gasteiger partial charge in [0.15, 0.2) is 0 Å². The number of aryl methyl sites for hydroxylation is 3. The molecule has 19 heavy (non-hydrogen) atoms. The first-order valence-electron chi connectivity index (χ1n) is 6.72. The molecule has 0 amide bonds. The lowest BCUT2D eigenvalue weighted by Gasteiger charge is -2.33. The van der Waals surface area contributed by atoms with Crippen LogP contribution in [0.1, 0.15) is 22.3 Å².